The van der Waals surface area contributed by atoms with Crippen LogP contribution >= 0.6 is 82.4 Å². The molecule has 0 radical (unpaired) electrons. The predicted octanol–water partition coefficient (Wildman–Crippen LogP) is 9.84. The molecule has 0 saturated carbocycles. The predicted molar refractivity (Wildman–Crippen MR) is 174 cm³/mol. The van der Waals surface area contributed by atoms with Gasteiger partial charge in [-0.3, -0.25) is 0 Å². The van der Waals surface area contributed by atoms with Crippen molar-refractivity contribution in [3.05, 3.63) is 91.0 Å². The Hall–Kier alpha value is 1.28. The van der Waals surface area contributed by atoms with E-state index >= 15 is 0 Å². The SMILES string of the molecule is CCCCCCCC[P+](c1ccccc1)(c1ccccc1)c1ccccc1.[Br][Fe-]([I])([I])[I]. The second kappa shape index (κ2) is 16.1. The van der Waals surface area contributed by atoms with Crippen molar-refractivity contribution in [3.63, 3.8) is 0 Å². The molecule has 0 aliphatic heterocycles. The number of unbranched alkanes of at least 4 members (excludes halogenated alkanes) is 5. The molecule has 0 aromatic heterocycles. The zero-order valence-electron chi connectivity index (χ0n) is 18.4. The van der Waals surface area contributed by atoms with Crippen LogP contribution in [-0.2, 0) is 1.29 Å². The van der Waals surface area contributed by atoms with Crippen LogP contribution in [0.1, 0.15) is 45.4 Å². The first kappa shape index (κ1) is 29.5. The average Bonchev–Trinajstić information content (AvgIpc) is 2.80. The van der Waals surface area contributed by atoms with Crippen LogP contribution in [0.25, 0.3) is 0 Å². The Kier molecular flexibility index (Phi) is 14.9. The molecule has 3 aromatic carbocycles. The Morgan fingerprint density at radius 3 is 1.25 bits per heavy atom. The molecule has 0 aliphatic rings. The van der Waals surface area contributed by atoms with Gasteiger partial charge in [-0.05, 0) is 49.2 Å². The van der Waals surface area contributed by atoms with Gasteiger partial charge in [-0.1, -0.05) is 87.2 Å². The Morgan fingerprint density at radius 2 is 0.906 bits per heavy atom. The van der Waals surface area contributed by atoms with Gasteiger partial charge < -0.3 is 0 Å². The summed E-state index contributed by atoms with van der Waals surface area (Å²) in [6, 6.07) is 33.8. The fraction of sp³-hybridized carbons (Fsp3) is 0.308. The summed E-state index contributed by atoms with van der Waals surface area (Å²) in [5, 5.41) is 4.53. The van der Waals surface area contributed by atoms with Crippen molar-refractivity contribution in [2.45, 2.75) is 45.4 Å². The van der Waals surface area contributed by atoms with E-state index in [9.17, 15) is 0 Å². The average molecular weight is 892 g/mol. The summed E-state index contributed by atoms with van der Waals surface area (Å²) in [6.45, 7) is 2.29. The number of hydrogen-bond acceptors (Lipinski definition) is 0. The van der Waals surface area contributed by atoms with E-state index in [0.717, 1.165) is 0 Å². The molecule has 32 heavy (non-hydrogen) atoms. The van der Waals surface area contributed by atoms with Gasteiger partial charge in [-0.15, -0.1) is 0 Å². The van der Waals surface area contributed by atoms with Crippen molar-refractivity contribution in [3.8, 4) is 0 Å². The Morgan fingerprint density at radius 1 is 0.594 bits per heavy atom. The molecule has 0 saturated heterocycles. The molecule has 177 valence electrons. The van der Waals surface area contributed by atoms with E-state index in [1.54, 1.807) is 0 Å². The summed E-state index contributed by atoms with van der Waals surface area (Å²) in [7, 11) is -1.61. The summed E-state index contributed by atoms with van der Waals surface area (Å²) >= 11 is 10.6. The van der Waals surface area contributed by atoms with Crippen LogP contribution in [0.5, 0.6) is 0 Å². The Labute approximate surface area is 239 Å². The van der Waals surface area contributed by atoms with Gasteiger partial charge >= 0.3 is 76.4 Å². The number of benzene rings is 3. The molecule has 3 aromatic rings. The molecule has 0 spiro atoms. The van der Waals surface area contributed by atoms with Crippen molar-refractivity contribution in [2.24, 2.45) is 0 Å². The van der Waals surface area contributed by atoms with Crippen LogP contribution in [0.4, 0.5) is 0 Å². The van der Waals surface area contributed by atoms with E-state index in [-0.39, 0.29) is 0 Å². The molecular weight excluding hydrogens is 860 g/mol. The summed E-state index contributed by atoms with van der Waals surface area (Å²) in [6.07, 6.45) is 9.34. The molecule has 6 heteroatoms. The van der Waals surface area contributed by atoms with Gasteiger partial charge in [0.05, 0.1) is 6.16 Å². The van der Waals surface area contributed by atoms with Crippen LogP contribution in [0, 0.1) is 0 Å². The fourth-order valence-electron chi connectivity index (χ4n) is 4.01. The third-order valence-corrected chi connectivity index (χ3v) is 9.96. The van der Waals surface area contributed by atoms with Crippen LogP contribution < -0.4 is 15.9 Å². The molecule has 0 nitrogen and oxygen atoms in total. The first-order valence-corrected chi connectivity index (χ1v) is 26.4. The zero-order valence-corrected chi connectivity index (χ0v) is 28.5. The second-order valence-electron chi connectivity index (χ2n) is 7.61. The van der Waals surface area contributed by atoms with Gasteiger partial charge in [0.1, 0.15) is 23.2 Å². The zero-order chi connectivity index (χ0) is 23.3. The van der Waals surface area contributed by atoms with Gasteiger partial charge in [0, 0.05) is 0 Å². The molecule has 0 aliphatic carbocycles. The molecule has 0 atom stereocenters. The molecule has 0 amide bonds. The third-order valence-electron chi connectivity index (χ3n) is 5.44. The second-order valence-corrected chi connectivity index (χ2v) is 60.8. The van der Waals surface area contributed by atoms with E-state index in [4.69, 9.17) is 0 Å². The summed E-state index contributed by atoms with van der Waals surface area (Å²) in [4.78, 5) is 0. The molecule has 3 rings (SSSR count). The Balaban J connectivity index is 0.000000654. The van der Waals surface area contributed by atoms with Gasteiger partial charge in [0.15, 0.2) is 0 Å². The normalized spacial score (nSPS) is 12.0. The van der Waals surface area contributed by atoms with E-state index in [2.05, 4.69) is 173 Å². The molecule has 0 bridgehead atoms. The molecule has 0 N–H and O–H groups in total. The number of halogens is 4. The monoisotopic (exact) mass is 891 g/mol. The Bertz CT molecular complexity index is 771. The van der Waals surface area contributed by atoms with Crippen molar-refractivity contribution in [1.29, 1.82) is 0 Å². The molecular formula is C26H32BrFeI3P. The van der Waals surface area contributed by atoms with Crippen molar-refractivity contribution in [2.75, 3.05) is 6.16 Å². The van der Waals surface area contributed by atoms with E-state index in [0.29, 0.717) is 0 Å². The summed E-state index contributed by atoms with van der Waals surface area (Å²) in [5.41, 5.74) is 0. The standard InChI is InChI=1S/C26H32P.BrH.Fe.3HI/c1-2-3-4-5-6-16-23-27(24-17-10-7-11-18-24,25-19-12-8-13-20-25)26-21-14-9-15-22-26;;;;;/h7-15,17-22H,2-6,16,23H2,1H3;1H;;3*1H/q+1;;+3;;;/p-4. The minimum absolute atomic E-state index is 0.778. The molecule has 0 fully saturated rings. The van der Waals surface area contributed by atoms with Crippen LogP contribution in [0.2, 0.25) is 0 Å². The summed E-state index contributed by atoms with van der Waals surface area (Å²) in [5.74, 6) is 0. The maximum atomic E-state index is 3.46. The van der Waals surface area contributed by atoms with Crippen molar-refractivity contribution < 1.29 is 1.29 Å². The first-order chi connectivity index (χ1) is 15.4. The van der Waals surface area contributed by atoms with Gasteiger partial charge in [0.2, 0.25) is 0 Å². The maximum absolute atomic E-state index is 3.46. The molecule has 0 unspecified atom stereocenters. The number of rotatable bonds is 10. The summed E-state index contributed by atoms with van der Waals surface area (Å²) < 4.78 is -0.778. The van der Waals surface area contributed by atoms with Gasteiger partial charge in [-0.25, -0.2) is 0 Å². The van der Waals surface area contributed by atoms with Crippen molar-refractivity contribution in [1.82, 2.24) is 0 Å². The van der Waals surface area contributed by atoms with Gasteiger partial charge in [-0.2, -0.15) is 0 Å². The van der Waals surface area contributed by atoms with E-state index in [1.165, 1.54) is 60.6 Å². The molecule has 0 heterocycles. The minimum atomic E-state index is -1.61. The van der Waals surface area contributed by atoms with Crippen LogP contribution in [0.15, 0.2) is 91.0 Å². The van der Waals surface area contributed by atoms with Gasteiger partial charge in [0.25, 0.3) is 0 Å². The topological polar surface area (TPSA) is 0 Å². The first-order valence-electron chi connectivity index (χ1n) is 11.0. The van der Waals surface area contributed by atoms with E-state index < -0.39 is 8.55 Å². The van der Waals surface area contributed by atoms with Crippen LogP contribution in [-0.4, -0.2) is 6.16 Å². The van der Waals surface area contributed by atoms with Crippen LogP contribution in [0.3, 0.4) is 0 Å². The third kappa shape index (κ3) is 10.5. The number of hydrogen-bond donors (Lipinski definition) is 0. The fourth-order valence-corrected chi connectivity index (χ4v) is 8.42. The van der Waals surface area contributed by atoms with E-state index in [1.807, 2.05) is 0 Å². The van der Waals surface area contributed by atoms with Crippen molar-refractivity contribution >= 4 is 98.3 Å². The quantitative estimate of drug-likeness (QED) is 0.0824.